The van der Waals surface area contributed by atoms with Gasteiger partial charge in [-0.05, 0) is 40.5 Å². The number of ether oxygens (including phenoxy) is 1. The third-order valence-electron chi connectivity index (χ3n) is 3.01. The van der Waals surface area contributed by atoms with Gasteiger partial charge < -0.3 is 14.7 Å². The number of hydrogen-bond acceptors (Lipinski definition) is 4. The third kappa shape index (κ3) is 2.83. The minimum absolute atomic E-state index is 0.373. The van der Waals surface area contributed by atoms with Crippen LogP contribution in [0.15, 0.2) is 22.7 Å². The normalized spacial score (nSPS) is 21.4. The molecule has 2 rings (SSSR count). The van der Waals surface area contributed by atoms with E-state index in [4.69, 9.17) is 10.00 Å². The van der Waals surface area contributed by atoms with Crippen molar-refractivity contribution in [3.63, 3.8) is 0 Å². The first kappa shape index (κ1) is 13.3. The maximum absolute atomic E-state index is 9.53. The lowest BCUT2D eigenvalue weighted by atomic mass is 10.1. The summed E-state index contributed by atoms with van der Waals surface area (Å²) >= 11 is 3.52. The van der Waals surface area contributed by atoms with Gasteiger partial charge in [-0.2, -0.15) is 5.26 Å². The maximum atomic E-state index is 9.53. The zero-order valence-electron chi connectivity index (χ0n) is 10.1. The second-order valence-corrected chi connectivity index (χ2v) is 5.18. The lowest BCUT2D eigenvalue weighted by molar-refractivity contribution is 0.0764. The Hall–Kier alpha value is -1.09. The lowest BCUT2D eigenvalue weighted by Crippen LogP contribution is -2.42. The van der Waals surface area contributed by atoms with Crippen molar-refractivity contribution < 1.29 is 9.84 Å². The van der Waals surface area contributed by atoms with E-state index in [9.17, 15) is 5.11 Å². The van der Waals surface area contributed by atoms with Gasteiger partial charge in [-0.15, -0.1) is 0 Å². The molecule has 0 radical (unpaired) electrons. The van der Waals surface area contributed by atoms with E-state index >= 15 is 0 Å². The summed E-state index contributed by atoms with van der Waals surface area (Å²) in [6.07, 6.45) is -0.853. The molecule has 1 aromatic rings. The number of halogens is 1. The molecule has 4 nitrogen and oxygen atoms in total. The van der Waals surface area contributed by atoms with Crippen LogP contribution in [0.2, 0.25) is 0 Å². The number of aliphatic hydroxyl groups excluding tert-OH is 1. The van der Waals surface area contributed by atoms with Gasteiger partial charge in [-0.25, -0.2) is 0 Å². The fourth-order valence-corrected chi connectivity index (χ4v) is 2.63. The van der Waals surface area contributed by atoms with Crippen molar-refractivity contribution in [2.24, 2.45) is 0 Å². The highest BCUT2D eigenvalue weighted by molar-refractivity contribution is 9.10. The van der Waals surface area contributed by atoms with Gasteiger partial charge in [0.15, 0.2) is 6.10 Å². The van der Waals surface area contributed by atoms with Crippen LogP contribution in [0.5, 0.6) is 0 Å². The van der Waals surface area contributed by atoms with Crippen LogP contribution in [0, 0.1) is 11.3 Å². The molecule has 0 saturated carbocycles. The summed E-state index contributed by atoms with van der Waals surface area (Å²) in [7, 11) is 0. The summed E-state index contributed by atoms with van der Waals surface area (Å²) < 4.78 is 6.25. The molecule has 1 aromatic carbocycles. The van der Waals surface area contributed by atoms with E-state index in [0.717, 1.165) is 22.3 Å². The zero-order valence-corrected chi connectivity index (χ0v) is 11.7. The van der Waals surface area contributed by atoms with Crippen LogP contribution in [0.1, 0.15) is 18.6 Å². The molecule has 1 N–H and O–H groups in total. The molecule has 1 fully saturated rings. The van der Waals surface area contributed by atoms with Crippen molar-refractivity contribution in [2.75, 3.05) is 24.6 Å². The molecule has 5 heteroatoms. The molecule has 1 aliphatic heterocycles. The first-order valence-electron chi connectivity index (χ1n) is 5.85. The topological polar surface area (TPSA) is 56.5 Å². The molecule has 0 aliphatic carbocycles. The molecule has 2 unspecified atom stereocenters. The maximum Gasteiger partial charge on any atom is 0.161 e. The second-order valence-electron chi connectivity index (χ2n) is 4.32. The van der Waals surface area contributed by atoms with E-state index in [1.807, 2.05) is 18.2 Å². The van der Waals surface area contributed by atoms with Crippen LogP contribution < -0.4 is 4.90 Å². The van der Waals surface area contributed by atoms with Gasteiger partial charge in [-0.3, -0.25) is 0 Å². The predicted molar refractivity (Wildman–Crippen MR) is 72.3 cm³/mol. The number of benzene rings is 1. The van der Waals surface area contributed by atoms with E-state index < -0.39 is 6.10 Å². The molecule has 18 heavy (non-hydrogen) atoms. The second kappa shape index (κ2) is 5.70. The highest BCUT2D eigenvalue weighted by Crippen LogP contribution is 2.30. The summed E-state index contributed by atoms with van der Waals surface area (Å²) in [5.41, 5.74) is 1.90. The van der Waals surface area contributed by atoms with Crippen molar-refractivity contribution in [1.29, 1.82) is 5.26 Å². The smallest absolute Gasteiger partial charge is 0.161 e. The van der Waals surface area contributed by atoms with Crippen LogP contribution in [0.4, 0.5) is 5.69 Å². The van der Waals surface area contributed by atoms with Crippen molar-refractivity contribution in [2.45, 2.75) is 19.1 Å². The van der Waals surface area contributed by atoms with E-state index in [-0.39, 0.29) is 6.10 Å². The number of morpholine rings is 1. The van der Waals surface area contributed by atoms with Gasteiger partial charge in [0.2, 0.25) is 0 Å². The van der Waals surface area contributed by atoms with E-state index in [1.165, 1.54) is 0 Å². The van der Waals surface area contributed by atoms with E-state index in [2.05, 4.69) is 26.9 Å². The van der Waals surface area contributed by atoms with Gasteiger partial charge in [0.05, 0.1) is 31.0 Å². The largest absolute Gasteiger partial charge is 0.389 e. The van der Waals surface area contributed by atoms with Crippen molar-refractivity contribution in [1.82, 2.24) is 0 Å². The predicted octanol–water partition coefficient (Wildman–Crippen LogP) is 2.23. The van der Waals surface area contributed by atoms with Crippen LogP contribution in [0.25, 0.3) is 0 Å². The van der Waals surface area contributed by atoms with E-state index in [0.29, 0.717) is 13.2 Å². The Morgan fingerprint density at radius 2 is 2.39 bits per heavy atom. The summed E-state index contributed by atoms with van der Waals surface area (Å²) in [5, 5.41) is 18.4. The number of nitrogens with zero attached hydrogens (tertiary/aromatic N) is 2. The summed E-state index contributed by atoms with van der Waals surface area (Å²) in [6.45, 7) is 3.64. The lowest BCUT2D eigenvalue weighted by Gasteiger charge is -2.32. The molecule has 2 atom stereocenters. The minimum Gasteiger partial charge on any atom is -0.389 e. The molecule has 0 spiro atoms. The minimum atomic E-state index is -0.480. The number of aliphatic hydroxyl groups is 1. The average Bonchev–Trinajstić information content (AvgIpc) is 2.38. The molecule has 1 saturated heterocycles. The number of rotatable bonds is 2. The van der Waals surface area contributed by atoms with Crippen LogP contribution in [-0.4, -0.2) is 30.9 Å². The molecule has 0 aromatic heterocycles. The van der Waals surface area contributed by atoms with E-state index in [1.54, 1.807) is 6.92 Å². The first-order chi connectivity index (χ1) is 8.61. The Morgan fingerprint density at radius 3 is 3.00 bits per heavy atom. The van der Waals surface area contributed by atoms with Crippen molar-refractivity contribution in [3.8, 4) is 6.07 Å². The summed E-state index contributed by atoms with van der Waals surface area (Å²) in [5.74, 6) is 0. The summed E-state index contributed by atoms with van der Waals surface area (Å²) in [4.78, 5) is 2.12. The molecule has 0 bridgehead atoms. The number of nitriles is 1. The first-order valence-corrected chi connectivity index (χ1v) is 6.65. The summed E-state index contributed by atoms with van der Waals surface area (Å²) in [6, 6.07) is 7.92. The fraction of sp³-hybridized carbons (Fsp3) is 0.462. The molecular formula is C13H15BrN2O2. The van der Waals surface area contributed by atoms with Gasteiger partial charge in [0.1, 0.15) is 0 Å². The molecule has 1 aliphatic rings. The van der Waals surface area contributed by atoms with Gasteiger partial charge >= 0.3 is 0 Å². The number of anilines is 1. The SMILES string of the molecule is CC(O)c1ccc(N2CCOC(C#N)C2)c(Br)c1. The average molecular weight is 311 g/mol. The Labute approximate surface area is 115 Å². The van der Waals surface area contributed by atoms with Crippen LogP contribution in [0.3, 0.4) is 0 Å². The van der Waals surface area contributed by atoms with Crippen LogP contribution in [-0.2, 0) is 4.74 Å². The van der Waals surface area contributed by atoms with Crippen molar-refractivity contribution in [3.05, 3.63) is 28.2 Å². The molecular weight excluding hydrogens is 296 g/mol. The van der Waals surface area contributed by atoms with Gasteiger partial charge in [-0.1, -0.05) is 6.07 Å². The Kier molecular flexibility index (Phi) is 4.23. The number of hydrogen-bond donors (Lipinski definition) is 1. The highest BCUT2D eigenvalue weighted by atomic mass is 79.9. The Bertz CT molecular complexity index is 471. The zero-order chi connectivity index (χ0) is 13.1. The third-order valence-corrected chi connectivity index (χ3v) is 3.64. The monoisotopic (exact) mass is 310 g/mol. The Morgan fingerprint density at radius 1 is 1.61 bits per heavy atom. The quantitative estimate of drug-likeness (QED) is 0.910. The van der Waals surface area contributed by atoms with Crippen LogP contribution >= 0.6 is 15.9 Å². The highest BCUT2D eigenvalue weighted by Gasteiger charge is 2.21. The molecule has 0 amide bonds. The molecule has 96 valence electrons. The van der Waals surface area contributed by atoms with Crippen molar-refractivity contribution >= 4 is 21.6 Å². The fourth-order valence-electron chi connectivity index (χ4n) is 1.99. The molecule has 1 heterocycles. The van der Waals surface area contributed by atoms with Gasteiger partial charge in [0.25, 0.3) is 0 Å². The Balaban J connectivity index is 2.21. The standard InChI is InChI=1S/C13H15BrN2O2/c1-9(17)10-2-3-13(12(14)6-10)16-4-5-18-11(7-15)8-16/h2-3,6,9,11,17H,4-5,8H2,1H3. The van der Waals surface area contributed by atoms with Gasteiger partial charge in [0, 0.05) is 11.0 Å².